The first kappa shape index (κ1) is 18.2. The Labute approximate surface area is 129 Å². The van der Waals surface area contributed by atoms with Crippen molar-refractivity contribution in [2.75, 3.05) is 19.7 Å². The fraction of sp³-hybridized carbons (Fsp3) is 0.938. The minimum Gasteiger partial charge on any atom is -0.444 e. The minimum atomic E-state index is -0.440. The quantitative estimate of drug-likeness (QED) is 0.759. The summed E-state index contributed by atoms with van der Waals surface area (Å²) in [5, 5.41) is 6.46. The highest BCUT2D eigenvalue weighted by Gasteiger charge is 2.28. The molecular weight excluding hydrogens is 268 g/mol. The molecule has 0 aromatic rings. The molecule has 0 aromatic heterocycles. The van der Waals surface area contributed by atoms with Crippen LogP contribution in [0.4, 0.5) is 4.79 Å². The molecule has 124 valence electrons. The molecule has 3 atom stereocenters. The van der Waals surface area contributed by atoms with Gasteiger partial charge in [-0.25, -0.2) is 4.79 Å². The van der Waals surface area contributed by atoms with Gasteiger partial charge in [-0.3, -0.25) is 0 Å². The first-order valence-electron chi connectivity index (χ1n) is 8.13. The molecule has 5 heteroatoms. The summed E-state index contributed by atoms with van der Waals surface area (Å²) in [4.78, 5) is 11.7. The number of carbonyl (C=O) groups is 1. The molecule has 0 heterocycles. The first-order valence-corrected chi connectivity index (χ1v) is 8.13. The van der Waals surface area contributed by atoms with Crippen molar-refractivity contribution in [2.45, 2.75) is 71.6 Å². The van der Waals surface area contributed by atoms with Gasteiger partial charge in [-0.05, 0) is 53.4 Å². The lowest BCUT2D eigenvalue weighted by atomic mass is 10.0. The van der Waals surface area contributed by atoms with Crippen molar-refractivity contribution in [3.05, 3.63) is 0 Å². The zero-order chi connectivity index (χ0) is 15.9. The number of amides is 1. The van der Waals surface area contributed by atoms with E-state index in [0.29, 0.717) is 18.5 Å². The molecule has 1 rings (SSSR count). The third kappa shape index (κ3) is 7.67. The van der Waals surface area contributed by atoms with Gasteiger partial charge in [0.05, 0.1) is 6.10 Å². The maximum Gasteiger partial charge on any atom is 0.407 e. The van der Waals surface area contributed by atoms with Gasteiger partial charge in [-0.1, -0.05) is 6.42 Å². The van der Waals surface area contributed by atoms with Gasteiger partial charge in [0, 0.05) is 25.7 Å². The topological polar surface area (TPSA) is 59.6 Å². The average molecular weight is 300 g/mol. The minimum absolute atomic E-state index is 0.232. The molecular formula is C16H32N2O3. The Morgan fingerprint density at radius 2 is 2.05 bits per heavy atom. The van der Waals surface area contributed by atoms with Crippen molar-refractivity contribution in [1.29, 1.82) is 0 Å². The van der Waals surface area contributed by atoms with E-state index in [-0.39, 0.29) is 12.2 Å². The molecule has 1 fully saturated rings. The number of carbonyl (C=O) groups excluding carboxylic acids is 1. The highest BCUT2D eigenvalue weighted by molar-refractivity contribution is 5.67. The summed E-state index contributed by atoms with van der Waals surface area (Å²) in [5.74, 6) is 0.478. The molecule has 21 heavy (non-hydrogen) atoms. The normalized spacial score (nSPS) is 23.9. The van der Waals surface area contributed by atoms with E-state index < -0.39 is 5.60 Å². The second kappa shape index (κ2) is 8.59. The number of hydrogen-bond acceptors (Lipinski definition) is 4. The lowest BCUT2D eigenvalue weighted by molar-refractivity contribution is 0.0513. The van der Waals surface area contributed by atoms with E-state index in [2.05, 4.69) is 17.6 Å². The van der Waals surface area contributed by atoms with Gasteiger partial charge in [0.25, 0.3) is 0 Å². The Morgan fingerprint density at radius 3 is 2.67 bits per heavy atom. The molecule has 0 saturated heterocycles. The van der Waals surface area contributed by atoms with E-state index in [1.807, 2.05) is 27.7 Å². The Hall–Kier alpha value is -0.810. The standard InChI is InChI=1S/C16H32N2O3/c1-6-20-12(2)10-17-14-9-7-8-13(14)11-18-15(19)21-16(3,4)5/h12-14,17H,6-11H2,1-5H3,(H,18,19). The van der Waals surface area contributed by atoms with Crippen LogP contribution < -0.4 is 10.6 Å². The molecule has 1 amide bonds. The van der Waals surface area contributed by atoms with E-state index in [0.717, 1.165) is 19.6 Å². The fourth-order valence-corrected chi connectivity index (χ4v) is 2.74. The van der Waals surface area contributed by atoms with Crippen LogP contribution in [0.15, 0.2) is 0 Å². The van der Waals surface area contributed by atoms with E-state index >= 15 is 0 Å². The molecule has 0 radical (unpaired) electrons. The van der Waals surface area contributed by atoms with Gasteiger partial charge in [0.1, 0.15) is 5.60 Å². The van der Waals surface area contributed by atoms with E-state index in [4.69, 9.17) is 9.47 Å². The van der Waals surface area contributed by atoms with Crippen molar-refractivity contribution >= 4 is 6.09 Å². The average Bonchev–Trinajstić information content (AvgIpc) is 2.79. The van der Waals surface area contributed by atoms with Crippen molar-refractivity contribution in [1.82, 2.24) is 10.6 Å². The number of rotatable bonds is 7. The van der Waals surface area contributed by atoms with Gasteiger partial charge in [-0.2, -0.15) is 0 Å². The molecule has 0 aliphatic heterocycles. The Balaban J connectivity index is 2.28. The van der Waals surface area contributed by atoms with Crippen LogP contribution in [0.3, 0.4) is 0 Å². The first-order chi connectivity index (χ1) is 9.81. The van der Waals surface area contributed by atoms with Gasteiger partial charge in [0.15, 0.2) is 0 Å². The van der Waals surface area contributed by atoms with Crippen molar-refractivity contribution in [3.8, 4) is 0 Å². The van der Waals surface area contributed by atoms with Crippen molar-refractivity contribution < 1.29 is 14.3 Å². The van der Waals surface area contributed by atoms with Crippen molar-refractivity contribution in [2.24, 2.45) is 5.92 Å². The highest BCUT2D eigenvalue weighted by Crippen LogP contribution is 2.25. The number of hydrogen-bond donors (Lipinski definition) is 2. The Morgan fingerprint density at radius 1 is 1.33 bits per heavy atom. The summed E-state index contributed by atoms with van der Waals surface area (Å²) in [6.45, 7) is 12.0. The number of alkyl carbamates (subject to hydrolysis) is 1. The van der Waals surface area contributed by atoms with Crippen LogP contribution in [0.1, 0.15) is 53.9 Å². The van der Waals surface area contributed by atoms with Crippen LogP contribution in [-0.4, -0.2) is 43.5 Å². The van der Waals surface area contributed by atoms with Gasteiger partial charge in [-0.15, -0.1) is 0 Å². The molecule has 1 aliphatic rings. The molecule has 0 bridgehead atoms. The third-order valence-electron chi connectivity index (χ3n) is 3.69. The van der Waals surface area contributed by atoms with Gasteiger partial charge < -0.3 is 20.1 Å². The molecule has 5 nitrogen and oxygen atoms in total. The smallest absolute Gasteiger partial charge is 0.407 e. The molecule has 0 spiro atoms. The SMILES string of the molecule is CCOC(C)CNC1CCCC1CNC(=O)OC(C)(C)C. The maximum absolute atomic E-state index is 11.7. The summed E-state index contributed by atoms with van der Waals surface area (Å²) in [6, 6.07) is 0.461. The second-order valence-corrected chi connectivity index (χ2v) is 6.85. The summed E-state index contributed by atoms with van der Waals surface area (Å²) in [5.41, 5.74) is -0.440. The second-order valence-electron chi connectivity index (χ2n) is 6.85. The summed E-state index contributed by atoms with van der Waals surface area (Å²) >= 11 is 0. The summed E-state index contributed by atoms with van der Waals surface area (Å²) in [6.07, 6.45) is 3.43. The van der Waals surface area contributed by atoms with Gasteiger partial charge in [0.2, 0.25) is 0 Å². The third-order valence-corrected chi connectivity index (χ3v) is 3.69. The molecule has 1 saturated carbocycles. The largest absolute Gasteiger partial charge is 0.444 e. The maximum atomic E-state index is 11.7. The van der Waals surface area contributed by atoms with E-state index in [9.17, 15) is 4.79 Å². The zero-order valence-corrected chi connectivity index (χ0v) is 14.2. The van der Waals surface area contributed by atoms with Crippen LogP contribution in [0.5, 0.6) is 0 Å². The van der Waals surface area contributed by atoms with Crippen LogP contribution in [0.25, 0.3) is 0 Å². The number of nitrogens with one attached hydrogen (secondary N) is 2. The molecule has 2 N–H and O–H groups in total. The monoisotopic (exact) mass is 300 g/mol. The Bertz CT molecular complexity index is 315. The zero-order valence-electron chi connectivity index (χ0n) is 14.2. The number of ether oxygens (including phenoxy) is 2. The summed E-state index contributed by atoms with van der Waals surface area (Å²) < 4.78 is 10.8. The predicted octanol–water partition coefficient (Wildman–Crippen LogP) is 2.69. The molecule has 0 aromatic carbocycles. The Kier molecular flexibility index (Phi) is 7.46. The molecule has 3 unspecified atom stereocenters. The van der Waals surface area contributed by atoms with E-state index in [1.165, 1.54) is 12.8 Å². The van der Waals surface area contributed by atoms with Crippen LogP contribution in [-0.2, 0) is 9.47 Å². The van der Waals surface area contributed by atoms with Crippen molar-refractivity contribution in [3.63, 3.8) is 0 Å². The predicted molar refractivity (Wildman–Crippen MR) is 84.5 cm³/mol. The van der Waals surface area contributed by atoms with Crippen LogP contribution in [0.2, 0.25) is 0 Å². The molecule has 1 aliphatic carbocycles. The fourth-order valence-electron chi connectivity index (χ4n) is 2.74. The van der Waals surface area contributed by atoms with Gasteiger partial charge >= 0.3 is 6.09 Å². The lowest BCUT2D eigenvalue weighted by Crippen LogP contribution is -2.43. The van der Waals surface area contributed by atoms with Crippen LogP contribution in [0, 0.1) is 5.92 Å². The van der Waals surface area contributed by atoms with Crippen LogP contribution >= 0.6 is 0 Å². The highest BCUT2D eigenvalue weighted by atomic mass is 16.6. The summed E-state index contributed by atoms with van der Waals surface area (Å²) in [7, 11) is 0. The lowest BCUT2D eigenvalue weighted by Gasteiger charge is -2.24. The van der Waals surface area contributed by atoms with E-state index in [1.54, 1.807) is 0 Å².